The molecule has 0 aliphatic carbocycles. The second-order valence-corrected chi connectivity index (χ2v) is 6.75. The van der Waals surface area contributed by atoms with Crippen LogP contribution in [0.1, 0.15) is 22.8 Å². The number of hydrogen-bond acceptors (Lipinski definition) is 7. The molecule has 0 radical (unpaired) electrons. The van der Waals surface area contributed by atoms with Gasteiger partial charge < -0.3 is 20.1 Å². The molecule has 3 aromatic rings. The maximum absolute atomic E-state index is 12.1. The monoisotopic (exact) mass is 450 g/mol. The number of rotatable bonds is 10. The number of amides is 2. The second-order valence-electron chi connectivity index (χ2n) is 6.75. The molecule has 0 saturated heterocycles. The maximum atomic E-state index is 12.1. The number of nitrogens with one attached hydrogen (secondary N) is 2. The van der Waals surface area contributed by atoms with Gasteiger partial charge in [0.2, 0.25) is 11.8 Å². The van der Waals surface area contributed by atoms with Gasteiger partial charge in [0.15, 0.2) is 11.5 Å². The lowest BCUT2D eigenvalue weighted by Gasteiger charge is -2.11. The van der Waals surface area contributed by atoms with Gasteiger partial charge in [0.25, 0.3) is 11.6 Å². The van der Waals surface area contributed by atoms with Crippen LogP contribution in [0.25, 0.3) is 0 Å². The summed E-state index contributed by atoms with van der Waals surface area (Å²) < 4.78 is 11.3. The van der Waals surface area contributed by atoms with E-state index in [1.165, 1.54) is 18.2 Å². The summed E-state index contributed by atoms with van der Waals surface area (Å²) in [4.78, 5) is 38.6. The van der Waals surface area contributed by atoms with Gasteiger partial charge in [0.05, 0.1) is 18.1 Å². The van der Waals surface area contributed by atoms with E-state index in [4.69, 9.17) is 9.47 Å². The molecular formula is C23H22N4O6. The lowest BCUT2D eigenvalue weighted by molar-refractivity contribution is -0.384. The van der Waals surface area contributed by atoms with E-state index >= 15 is 0 Å². The average molecular weight is 450 g/mol. The van der Waals surface area contributed by atoms with Gasteiger partial charge in [-0.25, -0.2) is 4.98 Å². The van der Waals surface area contributed by atoms with Crippen molar-refractivity contribution in [3.63, 3.8) is 0 Å². The largest absolute Gasteiger partial charge is 0.490 e. The van der Waals surface area contributed by atoms with E-state index in [1.807, 2.05) is 19.1 Å². The number of nitro groups is 1. The predicted octanol–water partition coefficient (Wildman–Crippen LogP) is 3.23. The first-order valence-corrected chi connectivity index (χ1v) is 10.1. The number of non-ortho nitro benzene ring substituents is 1. The Labute approximate surface area is 189 Å². The summed E-state index contributed by atoms with van der Waals surface area (Å²) in [6.07, 6.45) is 1.57. The minimum Gasteiger partial charge on any atom is -0.490 e. The Bertz CT molecular complexity index is 1130. The number of para-hydroxylation sites is 2. The van der Waals surface area contributed by atoms with Crippen molar-refractivity contribution in [1.29, 1.82) is 0 Å². The number of pyridine rings is 1. The number of hydrogen-bond donors (Lipinski definition) is 2. The molecule has 2 N–H and O–H groups in total. The second kappa shape index (κ2) is 11.2. The number of aromatic nitrogens is 1. The van der Waals surface area contributed by atoms with Crippen molar-refractivity contribution in [1.82, 2.24) is 15.6 Å². The van der Waals surface area contributed by atoms with Crippen LogP contribution in [0.4, 0.5) is 5.69 Å². The van der Waals surface area contributed by atoms with Crippen LogP contribution in [-0.4, -0.2) is 34.9 Å². The number of benzene rings is 2. The van der Waals surface area contributed by atoms with Crippen molar-refractivity contribution in [2.24, 2.45) is 0 Å². The van der Waals surface area contributed by atoms with Crippen molar-refractivity contribution in [2.75, 3.05) is 13.2 Å². The van der Waals surface area contributed by atoms with Gasteiger partial charge in [-0.3, -0.25) is 19.7 Å². The zero-order valence-corrected chi connectivity index (χ0v) is 17.8. The molecule has 0 saturated carbocycles. The van der Waals surface area contributed by atoms with Crippen LogP contribution in [0.5, 0.6) is 17.4 Å². The van der Waals surface area contributed by atoms with E-state index in [0.29, 0.717) is 24.0 Å². The van der Waals surface area contributed by atoms with Crippen molar-refractivity contribution >= 4 is 17.5 Å². The predicted molar refractivity (Wildman–Crippen MR) is 119 cm³/mol. The van der Waals surface area contributed by atoms with Gasteiger partial charge in [-0.1, -0.05) is 24.3 Å². The number of nitrogens with zero attached hydrogens (tertiary/aromatic N) is 2. The Kier molecular flexibility index (Phi) is 7.90. The lowest BCUT2D eigenvalue weighted by atomic mass is 10.2. The number of nitro benzene ring substituents is 1. The Morgan fingerprint density at radius 2 is 1.82 bits per heavy atom. The third-order valence-electron chi connectivity index (χ3n) is 4.38. The molecule has 1 aromatic heterocycles. The molecule has 3 rings (SSSR count). The van der Waals surface area contributed by atoms with Crippen LogP contribution in [0.3, 0.4) is 0 Å². The van der Waals surface area contributed by atoms with Gasteiger partial charge in [0.1, 0.15) is 0 Å². The first-order chi connectivity index (χ1) is 16.0. The molecule has 0 bridgehead atoms. The average Bonchev–Trinajstić information content (AvgIpc) is 2.83. The summed E-state index contributed by atoms with van der Waals surface area (Å²) >= 11 is 0. The van der Waals surface area contributed by atoms with Crippen molar-refractivity contribution in [2.45, 2.75) is 13.5 Å². The molecule has 1 heterocycles. The minimum absolute atomic E-state index is 0.0997. The molecule has 0 fully saturated rings. The molecule has 33 heavy (non-hydrogen) atoms. The normalized spacial score (nSPS) is 10.2. The molecule has 2 aromatic carbocycles. The lowest BCUT2D eigenvalue weighted by Crippen LogP contribution is -2.36. The van der Waals surface area contributed by atoms with Crippen molar-refractivity contribution in [3.8, 4) is 17.4 Å². The summed E-state index contributed by atoms with van der Waals surface area (Å²) in [6.45, 7) is 2.33. The summed E-state index contributed by atoms with van der Waals surface area (Å²) in [6, 6.07) is 16.0. The summed E-state index contributed by atoms with van der Waals surface area (Å²) in [5.41, 5.74) is 0.634. The highest BCUT2D eigenvalue weighted by molar-refractivity contribution is 5.96. The Balaban J connectivity index is 1.47. The van der Waals surface area contributed by atoms with E-state index in [9.17, 15) is 19.7 Å². The first-order valence-electron chi connectivity index (χ1n) is 10.1. The van der Waals surface area contributed by atoms with Crippen LogP contribution in [0.2, 0.25) is 0 Å². The van der Waals surface area contributed by atoms with Crippen molar-refractivity contribution in [3.05, 3.63) is 88.1 Å². The molecule has 0 atom stereocenters. The molecule has 0 aliphatic heterocycles. The summed E-state index contributed by atoms with van der Waals surface area (Å²) in [5, 5.41) is 15.9. The third-order valence-corrected chi connectivity index (χ3v) is 4.38. The molecule has 0 spiro atoms. The molecule has 170 valence electrons. The Morgan fingerprint density at radius 3 is 2.52 bits per heavy atom. The summed E-state index contributed by atoms with van der Waals surface area (Å²) in [7, 11) is 0. The fourth-order valence-corrected chi connectivity index (χ4v) is 2.78. The highest BCUT2D eigenvalue weighted by atomic mass is 16.6. The molecule has 0 unspecified atom stereocenters. The SMILES string of the molecule is CCOc1ccccc1Oc1ccc(CNC(=O)CNC(=O)c2cccc([N+](=O)[O-])c2)cn1. The molecular weight excluding hydrogens is 428 g/mol. The smallest absolute Gasteiger partial charge is 0.270 e. The van der Waals surface area contributed by atoms with Crippen LogP contribution >= 0.6 is 0 Å². The third kappa shape index (κ3) is 6.76. The van der Waals surface area contributed by atoms with Gasteiger partial charge in [-0.15, -0.1) is 0 Å². The molecule has 0 aliphatic rings. The molecule has 10 nitrogen and oxygen atoms in total. The number of carbonyl (C=O) groups is 2. The van der Waals surface area contributed by atoms with Gasteiger partial charge in [-0.2, -0.15) is 0 Å². The Hall–Kier alpha value is -4.47. The van der Waals surface area contributed by atoms with Gasteiger partial charge >= 0.3 is 0 Å². The fraction of sp³-hybridized carbons (Fsp3) is 0.174. The van der Waals surface area contributed by atoms with E-state index in [1.54, 1.807) is 30.5 Å². The van der Waals surface area contributed by atoms with Gasteiger partial charge in [0, 0.05) is 36.5 Å². The van der Waals surface area contributed by atoms with Crippen LogP contribution < -0.4 is 20.1 Å². The van der Waals surface area contributed by atoms with Crippen molar-refractivity contribution < 1.29 is 24.0 Å². The topological polar surface area (TPSA) is 133 Å². The zero-order chi connectivity index (χ0) is 23.6. The molecule has 10 heteroatoms. The maximum Gasteiger partial charge on any atom is 0.270 e. The quantitative estimate of drug-likeness (QED) is 0.358. The highest BCUT2D eigenvalue weighted by Gasteiger charge is 2.12. The first kappa shape index (κ1) is 23.2. The standard InChI is InChI=1S/C23H22N4O6/c1-2-32-19-8-3-4-9-20(19)33-22-11-10-16(14-25-22)13-24-21(28)15-26-23(29)17-6-5-7-18(12-17)27(30)31/h3-12,14H,2,13,15H2,1H3,(H,24,28)(H,26,29). The summed E-state index contributed by atoms with van der Waals surface area (Å²) in [5.74, 6) is 0.545. The van der Waals surface area contributed by atoms with E-state index in [2.05, 4.69) is 15.6 Å². The molecule has 2 amide bonds. The number of carbonyl (C=O) groups excluding carboxylic acids is 2. The van der Waals surface area contributed by atoms with E-state index in [0.717, 1.165) is 11.6 Å². The van der Waals surface area contributed by atoms with Crippen LogP contribution in [-0.2, 0) is 11.3 Å². The van der Waals surface area contributed by atoms with E-state index < -0.39 is 16.7 Å². The highest BCUT2D eigenvalue weighted by Crippen LogP contribution is 2.30. The van der Waals surface area contributed by atoms with E-state index in [-0.39, 0.29) is 24.3 Å². The minimum atomic E-state index is -0.592. The number of ether oxygens (including phenoxy) is 2. The van der Waals surface area contributed by atoms with Gasteiger partial charge in [-0.05, 0) is 30.7 Å². The van der Waals surface area contributed by atoms with Crippen LogP contribution in [0.15, 0.2) is 66.9 Å². The Morgan fingerprint density at radius 1 is 1.03 bits per heavy atom. The van der Waals surface area contributed by atoms with Crippen LogP contribution in [0, 0.1) is 10.1 Å². The fourth-order valence-electron chi connectivity index (χ4n) is 2.78. The zero-order valence-electron chi connectivity index (χ0n) is 17.8.